The van der Waals surface area contributed by atoms with Crippen molar-refractivity contribution in [2.75, 3.05) is 6.61 Å². The van der Waals surface area contributed by atoms with Gasteiger partial charge in [-0.2, -0.15) is 0 Å². The summed E-state index contributed by atoms with van der Waals surface area (Å²) in [5.74, 6) is -0.225. The van der Waals surface area contributed by atoms with Crippen LogP contribution in [0.2, 0.25) is 0 Å². The van der Waals surface area contributed by atoms with E-state index in [0.717, 1.165) is 0 Å². The van der Waals surface area contributed by atoms with Gasteiger partial charge in [-0.05, 0) is 26.8 Å². The van der Waals surface area contributed by atoms with E-state index in [2.05, 4.69) is 0 Å². The molecule has 0 aliphatic carbocycles. The van der Waals surface area contributed by atoms with E-state index in [4.69, 9.17) is 4.74 Å². The Bertz CT molecular complexity index is 150. The molecule has 0 spiro atoms. The lowest BCUT2D eigenvalue weighted by Gasteiger charge is -2.03. The molecule has 0 aliphatic rings. The highest BCUT2D eigenvalue weighted by molar-refractivity contribution is 5.10. The molecule has 0 rings (SSSR count). The van der Waals surface area contributed by atoms with E-state index in [-0.39, 0.29) is 11.9 Å². The number of halogens is 1. The van der Waals surface area contributed by atoms with Crippen LogP contribution in [0.5, 0.6) is 0 Å². The third kappa shape index (κ3) is 5.80. The van der Waals surface area contributed by atoms with Crippen molar-refractivity contribution < 1.29 is 9.13 Å². The predicted molar refractivity (Wildman–Crippen MR) is 45.1 cm³/mol. The Morgan fingerprint density at radius 1 is 1.64 bits per heavy atom. The topological polar surface area (TPSA) is 9.23 Å². The number of ether oxygens (including phenoxy) is 1. The van der Waals surface area contributed by atoms with Crippen molar-refractivity contribution in [2.24, 2.45) is 0 Å². The first kappa shape index (κ1) is 10.4. The fourth-order valence-corrected chi connectivity index (χ4v) is 0.642. The molecule has 1 nitrogen and oxygen atoms in total. The Hall–Kier alpha value is -0.630. The van der Waals surface area contributed by atoms with Crippen molar-refractivity contribution in [3.63, 3.8) is 0 Å². The molecule has 0 saturated heterocycles. The average molecular weight is 158 g/mol. The standard InChI is InChI=1S/C9H15FO/c1-4-9(10)7-6-8(3)11-5-2/h4,6-8H,5H2,1-3H3/b7-6-,9-4+. The first-order valence-corrected chi connectivity index (χ1v) is 3.82. The highest BCUT2D eigenvalue weighted by Crippen LogP contribution is 2.00. The fourth-order valence-electron chi connectivity index (χ4n) is 0.642. The van der Waals surface area contributed by atoms with Gasteiger partial charge in [0.15, 0.2) is 0 Å². The van der Waals surface area contributed by atoms with Gasteiger partial charge < -0.3 is 4.74 Å². The largest absolute Gasteiger partial charge is 0.375 e. The highest BCUT2D eigenvalue weighted by Gasteiger charge is 1.93. The molecule has 0 bridgehead atoms. The molecule has 0 fully saturated rings. The van der Waals surface area contributed by atoms with Crippen LogP contribution in [-0.2, 0) is 4.74 Å². The Morgan fingerprint density at radius 2 is 2.27 bits per heavy atom. The van der Waals surface area contributed by atoms with Crippen LogP contribution in [0.3, 0.4) is 0 Å². The Labute approximate surface area is 67.6 Å². The van der Waals surface area contributed by atoms with Crippen molar-refractivity contribution in [1.82, 2.24) is 0 Å². The van der Waals surface area contributed by atoms with Gasteiger partial charge in [-0.25, -0.2) is 4.39 Å². The maximum absolute atomic E-state index is 12.5. The molecule has 2 heteroatoms. The lowest BCUT2D eigenvalue weighted by Crippen LogP contribution is -2.02. The molecule has 0 saturated carbocycles. The summed E-state index contributed by atoms with van der Waals surface area (Å²) in [5, 5.41) is 0. The van der Waals surface area contributed by atoms with Crippen LogP contribution in [0.15, 0.2) is 24.1 Å². The minimum Gasteiger partial charge on any atom is -0.375 e. The van der Waals surface area contributed by atoms with Crippen LogP contribution in [0.4, 0.5) is 4.39 Å². The van der Waals surface area contributed by atoms with Gasteiger partial charge in [-0.3, -0.25) is 0 Å². The lowest BCUT2D eigenvalue weighted by molar-refractivity contribution is 0.109. The summed E-state index contributed by atoms with van der Waals surface area (Å²) in [6.07, 6.45) is 4.51. The summed E-state index contributed by atoms with van der Waals surface area (Å²) in [5.41, 5.74) is 0. The maximum Gasteiger partial charge on any atom is 0.118 e. The van der Waals surface area contributed by atoms with Gasteiger partial charge in [0.05, 0.1) is 6.10 Å². The van der Waals surface area contributed by atoms with Gasteiger partial charge in [0, 0.05) is 6.61 Å². The van der Waals surface area contributed by atoms with Crippen molar-refractivity contribution in [3.8, 4) is 0 Å². The molecule has 0 aromatic carbocycles. The second-order valence-electron chi connectivity index (χ2n) is 2.19. The zero-order chi connectivity index (χ0) is 8.69. The Balaban J connectivity index is 3.72. The van der Waals surface area contributed by atoms with Crippen LogP contribution in [-0.4, -0.2) is 12.7 Å². The molecule has 0 amide bonds. The van der Waals surface area contributed by atoms with Gasteiger partial charge in [0.1, 0.15) is 5.83 Å². The van der Waals surface area contributed by atoms with Crippen LogP contribution < -0.4 is 0 Å². The molecule has 0 aromatic heterocycles. The van der Waals surface area contributed by atoms with Crippen molar-refractivity contribution >= 4 is 0 Å². The zero-order valence-corrected chi connectivity index (χ0v) is 7.30. The SMILES string of the molecule is C/C=C(F)\C=C/C(C)OCC. The van der Waals surface area contributed by atoms with Crippen molar-refractivity contribution in [1.29, 1.82) is 0 Å². The number of rotatable bonds is 4. The molecule has 1 atom stereocenters. The molecule has 0 heterocycles. The zero-order valence-electron chi connectivity index (χ0n) is 7.30. The van der Waals surface area contributed by atoms with Gasteiger partial charge in [-0.1, -0.05) is 12.2 Å². The molecule has 0 aliphatic heterocycles. The summed E-state index contributed by atoms with van der Waals surface area (Å²) >= 11 is 0. The molecule has 0 radical (unpaired) electrons. The average Bonchev–Trinajstić information content (AvgIpc) is 2.01. The van der Waals surface area contributed by atoms with Crippen LogP contribution >= 0.6 is 0 Å². The van der Waals surface area contributed by atoms with Gasteiger partial charge in [0.25, 0.3) is 0 Å². The molecule has 11 heavy (non-hydrogen) atoms. The van der Waals surface area contributed by atoms with Gasteiger partial charge in [0.2, 0.25) is 0 Å². The smallest absolute Gasteiger partial charge is 0.118 e. The number of hydrogen-bond donors (Lipinski definition) is 0. The summed E-state index contributed by atoms with van der Waals surface area (Å²) in [4.78, 5) is 0. The van der Waals surface area contributed by atoms with E-state index in [1.807, 2.05) is 13.8 Å². The molecule has 0 N–H and O–H groups in total. The Kier molecular flexibility index (Phi) is 5.75. The minimum absolute atomic E-state index is 0.00861. The predicted octanol–water partition coefficient (Wildman–Crippen LogP) is 2.84. The minimum atomic E-state index is -0.225. The summed E-state index contributed by atoms with van der Waals surface area (Å²) in [6.45, 7) is 6.10. The van der Waals surface area contributed by atoms with E-state index in [1.165, 1.54) is 12.2 Å². The number of hydrogen-bond acceptors (Lipinski definition) is 1. The maximum atomic E-state index is 12.5. The van der Waals surface area contributed by atoms with Crippen LogP contribution in [0, 0.1) is 0 Å². The van der Waals surface area contributed by atoms with Crippen LogP contribution in [0.25, 0.3) is 0 Å². The van der Waals surface area contributed by atoms with E-state index < -0.39 is 0 Å². The molecular weight excluding hydrogens is 143 g/mol. The second kappa shape index (κ2) is 6.10. The normalized spacial score (nSPS) is 15.8. The first-order chi connectivity index (χ1) is 5.20. The summed E-state index contributed by atoms with van der Waals surface area (Å²) in [6, 6.07) is 0. The summed E-state index contributed by atoms with van der Waals surface area (Å²) < 4.78 is 17.6. The first-order valence-electron chi connectivity index (χ1n) is 3.82. The van der Waals surface area contributed by atoms with Crippen molar-refractivity contribution in [3.05, 3.63) is 24.1 Å². The third-order valence-electron chi connectivity index (χ3n) is 1.23. The van der Waals surface area contributed by atoms with Crippen LogP contribution in [0.1, 0.15) is 20.8 Å². The summed E-state index contributed by atoms with van der Waals surface area (Å²) in [7, 11) is 0. The van der Waals surface area contributed by atoms with E-state index >= 15 is 0 Å². The second-order valence-corrected chi connectivity index (χ2v) is 2.19. The number of allylic oxidation sites excluding steroid dienone is 3. The quantitative estimate of drug-likeness (QED) is 0.572. The Morgan fingerprint density at radius 3 is 2.73 bits per heavy atom. The molecule has 64 valence electrons. The lowest BCUT2D eigenvalue weighted by atomic mass is 10.3. The van der Waals surface area contributed by atoms with E-state index in [9.17, 15) is 4.39 Å². The van der Waals surface area contributed by atoms with Gasteiger partial charge >= 0.3 is 0 Å². The molecular formula is C9H15FO. The third-order valence-corrected chi connectivity index (χ3v) is 1.23. The van der Waals surface area contributed by atoms with E-state index in [0.29, 0.717) is 6.61 Å². The van der Waals surface area contributed by atoms with Crippen molar-refractivity contribution in [2.45, 2.75) is 26.9 Å². The monoisotopic (exact) mass is 158 g/mol. The highest BCUT2D eigenvalue weighted by atomic mass is 19.1. The van der Waals surface area contributed by atoms with Gasteiger partial charge in [-0.15, -0.1) is 0 Å². The van der Waals surface area contributed by atoms with E-state index in [1.54, 1.807) is 13.0 Å². The molecule has 1 unspecified atom stereocenters. The molecule has 0 aromatic rings. The fraction of sp³-hybridized carbons (Fsp3) is 0.556.